The third kappa shape index (κ3) is 2.38. The minimum atomic E-state index is -0.562. The molecule has 0 rings (SSSR count). The number of nitrogens with two attached hydrogens (primary N) is 1. The van der Waals surface area contributed by atoms with Gasteiger partial charge in [-0.3, -0.25) is 5.41 Å². The first kappa shape index (κ1) is 8.05. The molecule has 0 bridgehead atoms. The Labute approximate surface area is 58.5 Å². The van der Waals surface area contributed by atoms with E-state index in [1.54, 1.807) is 6.92 Å². The van der Waals surface area contributed by atoms with Gasteiger partial charge in [0.1, 0.15) is 4.84 Å². The number of hydrogen-bond donors (Lipinski definition) is 2. The van der Waals surface area contributed by atoms with Crippen LogP contribution < -0.4 is 5.73 Å². The van der Waals surface area contributed by atoms with Crippen molar-refractivity contribution in [2.24, 2.45) is 11.7 Å². The fourth-order valence-corrected chi connectivity index (χ4v) is 0.407. The van der Waals surface area contributed by atoms with Crippen LogP contribution in [0.1, 0.15) is 6.92 Å². The van der Waals surface area contributed by atoms with E-state index >= 15 is 0 Å². The second-order valence-corrected chi connectivity index (χ2v) is 2.74. The first-order valence-corrected chi connectivity index (χ1v) is 3.05. The van der Waals surface area contributed by atoms with Crippen LogP contribution in [0.3, 0.4) is 0 Å². The van der Waals surface area contributed by atoms with E-state index in [0.717, 1.165) is 0 Å². The summed E-state index contributed by atoms with van der Waals surface area (Å²) >= 11 is 10.7. The van der Waals surface area contributed by atoms with Gasteiger partial charge >= 0.3 is 0 Å². The van der Waals surface area contributed by atoms with E-state index in [1.165, 1.54) is 0 Å². The molecule has 0 radical (unpaired) electrons. The third-order valence-electron chi connectivity index (χ3n) is 0.869. The third-order valence-corrected chi connectivity index (χ3v) is 1.62. The van der Waals surface area contributed by atoms with Gasteiger partial charge in [0.25, 0.3) is 0 Å². The van der Waals surface area contributed by atoms with Crippen LogP contribution in [-0.4, -0.2) is 10.7 Å². The maximum atomic E-state index is 6.84. The molecule has 4 heteroatoms. The number of hydrogen-bond acceptors (Lipinski definition) is 1. The Morgan fingerprint density at radius 2 is 2.00 bits per heavy atom. The van der Waals surface area contributed by atoms with E-state index in [9.17, 15) is 0 Å². The molecule has 48 valence electrons. The lowest BCUT2D eigenvalue weighted by Gasteiger charge is -2.07. The van der Waals surface area contributed by atoms with Crippen molar-refractivity contribution in [2.45, 2.75) is 11.8 Å². The maximum Gasteiger partial charge on any atom is 0.117 e. The van der Waals surface area contributed by atoms with Crippen LogP contribution >= 0.6 is 23.2 Å². The highest BCUT2D eigenvalue weighted by atomic mass is 35.5. The average molecular weight is 155 g/mol. The van der Waals surface area contributed by atoms with Gasteiger partial charge in [0, 0.05) is 5.92 Å². The molecule has 0 fully saturated rings. The van der Waals surface area contributed by atoms with Crippen molar-refractivity contribution in [3.8, 4) is 0 Å². The van der Waals surface area contributed by atoms with Crippen molar-refractivity contribution in [3.63, 3.8) is 0 Å². The summed E-state index contributed by atoms with van der Waals surface area (Å²) in [5.41, 5.74) is 5.05. The Kier molecular flexibility index (Phi) is 3.17. The number of rotatable bonds is 2. The lowest BCUT2D eigenvalue weighted by Crippen LogP contribution is -2.24. The molecule has 0 aliphatic rings. The molecule has 0 aromatic rings. The molecule has 0 aromatic carbocycles. The van der Waals surface area contributed by atoms with Gasteiger partial charge in [-0.25, -0.2) is 0 Å². The fraction of sp³-hybridized carbons (Fsp3) is 0.750. The maximum absolute atomic E-state index is 6.84. The molecule has 0 saturated carbocycles. The van der Waals surface area contributed by atoms with E-state index in [1.807, 2.05) is 0 Å². The van der Waals surface area contributed by atoms with Crippen molar-refractivity contribution >= 4 is 29.0 Å². The summed E-state index contributed by atoms with van der Waals surface area (Å²) in [5, 5.41) is 6.84. The molecule has 1 unspecified atom stereocenters. The predicted molar refractivity (Wildman–Crippen MR) is 36.6 cm³/mol. The van der Waals surface area contributed by atoms with Crippen LogP contribution in [0.15, 0.2) is 0 Å². The van der Waals surface area contributed by atoms with Gasteiger partial charge in [0.2, 0.25) is 0 Å². The van der Waals surface area contributed by atoms with Gasteiger partial charge < -0.3 is 5.73 Å². The molecular formula is C4H8Cl2N2. The molecular weight excluding hydrogens is 147 g/mol. The van der Waals surface area contributed by atoms with Gasteiger partial charge in [-0.05, 0) is 0 Å². The predicted octanol–water partition coefficient (Wildman–Crippen LogP) is 1.36. The van der Waals surface area contributed by atoms with Crippen molar-refractivity contribution in [3.05, 3.63) is 0 Å². The summed E-state index contributed by atoms with van der Waals surface area (Å²) in [6.07, 6.45) is 0. The van der Waals surface area contributed by atoms with E-state index in [-0.39, 0.29) is 11.8 Å². The van der Waals surface area contributed by atoms with Gasteiger partial charge in [0.15, 0.2) is 0 Å². The Balaban J connectivity index is 3.64. The minimum absolute atomic E-state index is 0.0278. The van der Waals surface area contributed by atoms with Crippen LogP contribution in [0.25, 0.3) is 0 Å². The van der Waals surface area contributed by atoms with Crippen LogP contribution in [0.4, 0.5) is 0 Å². The molecule has 0 aliphatic heterocycles. The summed E-state index contributed by atoms with van der Waals surface area (Å²) in [4.78, 5) is -0.562. The summed E-state index contributed by atoms with van der Waals surface area (Å²) in [6.45, 7) is 1.70. The molecule has 2 nitrogen and oxygen atoms in total. The molecule has 0 heterocycles. The van der Waals surface area contributed by atoms with Crippen LogP contribution in [0, 0.1) is 11.3 Å². The van der Waals surface area contributed by atoms with Gasteiger partial charge in [-0.15, -0.1) is 23.2 Å². The van der Waals surface area contributed by atoms with Crippen molar-refractivity contribution in [1.29, 1.82) is 5.41 Å². The Morgan fingerprint density at radius 3 is 2.00 bits per heavy atom. The molecule has 3 N–H and O–H groups in total. The zero-order valence-corrected chi connectivity index (χ0v) is 6.00. The smallest absolute Gasteiger partial charge is 0.117 e. The van der Waals surface area contributed by atoms with E-state index in [4.69, 9.17) is 34.3 Å². The zero-order chi connectivity index (χ0) is 6.73. The van der Waals surface area contributed by atoms with E-state index in [2.05, 4.69) is 0 Å². The minimum Gasteiger partial charge on any atom is -0.387 e. The first-order chi connectivity index (χ1) is 3.55. The molecule has 0 saturated heterocycles. The second kappa shape index (κ2) is 3.15. The topological polar surface area (TPSA) is 49.9 Å². The highest BCUT2D eigenvalue weighted by Gasteiger charge is 2.12. The molecule has 0 aliphatic carbocycles. The van der Waals surface area contributed by atoms with E-state index in [0.29, 0.717) is 0 Å². The summed E-state index contributed by atoms with van der Waals surface area (Å²) in [5.74, 6) is -0.210. The van der Waals surface area contributed by atoms with E-state index < -0.39 is 4.84 Å². The lowest BCUT2D eigenvalue weighted by atomic mass is 10.2. The molecule has 8 heavy (non-hydrogen) atoms. The highest BCUT2D eigenvalue weighted by molar-refractivity contribution is 6.45. The average Bonchev–Trinajstić information content (AvgIpc) is 1.64. The molecule has 0 spiro atoms. The quantitative estimate of drug-likeness (QED) is 0.353. The number of halogens is 2. The monoisotopic (exact) mass is 154 g/mol. The van der Waals surface area contributed by atoms with Crippen molar-refractivity contribution in [2.75, 3.05) is 0 Å². The van der Waals surface area contributed by atoms with Crippen LogP contribution in [0.2, 0.25) is 0 Å². The van der Waals surface area contributed by atoms with Crippen LogP contribution in [0.5, 0.6) is 0 Å². The van der Waals surface area contributed by atoms with Gasteiger partial charge in [-0.2, -0.15) is 0 Å². The first-order valence-electron chi connectivity index (χ1n) is 2.17. The molecule has 0 aromatic heterocycles. The number of alkyl halides is 2. The second-order valence-electron chi connectivity index (χ2n) is 1.58. The fourth-order valence-electron chi connectivity index (χ4n) is 0.136. The summed E-state index contributed by atoms with van der Waals surface area (Å²) in [6, 6.07) is 0. The summed E-state index contributed by atoms with van der Waals surface area (Å²) < 4.78 is 0. The van der Waals surface area contributed by atoms with Crippen molar-refractivity contribution < 1.29 is 0 Å². The van der Waals surface area contributed by atoms with Crippen LogP contribution in [-0.2, 0) is 0 Å². The lowest BCUT2D eigenvalue weighted by molar-refractivity contribution is 0.831. The SMILES string of the molecule is CC(C(=N)N)C(Cl)Cl. The molecule has 1 atom stereocenters. The molecule has 0 amide bonds. The zero-order valence-electron chi connectivity index (χ0n) is 4.49. The highest BCUT2D eigenvalue weighted by Crippen LogP contribution is 2.13. The van der Waals surface area contributed by atoms with Gasteiger partial charge in [-0.1, -0.05) is 6.92 Å². The summed E-state index contributed by atoms with van der Waals surface area (Å²) in [7, 11) is 0. The normalized spacial score (nSPS) is 14.0. The largest absolute Gasteiger partial charge is 0.387 e. The Morgan fingerprint density at radius 1 is 1.62 bits per heavy atom. The van der Waals surface area contributed by atoms with Crippen molar-refractivity contribution in [1.82, 2.24) is 0 Å². The Hall–Kier alpha value is 0.0500. The Bertz CT molecular complexity index is 92.0. The number of amidine groups is 1. The number of nitrogens with one attached hydrogen (secondary N) is 1. The standard InChI is InChI=1S/C4H8Cl2N2/c1-2(3(5)6)4(7)8/h2-3H,1H3,(H3,7,8). The van der Waals surface area contributed by atoms with Gasteiger partial charge in [0.05, 0.1) is 5.84 Å².